The van der Waals surface area contributed by atoms with Gasteiger partial charge >= 0.3 is 0 Å². The highest BCUT2D eigenvalue weighted by atomic mass is 16.5. The Balaban J connectivity index is 1.68. The molecule has 1 amide bonds. The Bertz CT molecular complexity index is 1080. The lowest BCUT2D eigenvalue weighted by Crippen LogP contribution is -2.15. The number of ether oxygens (including phenoxy) is 2. The largest absolute Gasteiger partial charge is 0.475 e. The van der Waals surface area contributed by atoms with Crippen LogP contribution in [0.4, 0.5) is 5.69 Å². The number of nitrogens with one attached hydrogen (secondary N) is 1. The SMILES string of the molecule is Cn1cc2c(n1)C(=O)CCCOCCOc1cc(ccn1)-c1cccc(c1)C(=O)N2. The summed E-state index contributed by atoms with van der Waals surface area (Å²) < 4.78 is 12.7. The van der Waals surface area contributed by atoms with Crippen LogP contribution in [0.25, 0.3) is 11.1 Å². The number of aryl methyl sites for hydroxylation is 1. The minimum Gasteiger partial charge on any atom is -0.475 e. The summed E-state index contributed by atoms with van der Waals surface area (Å²) in [6.07, 6.45) is 4.14. The van der Waals surface area contributed by atoms with Crippen LogP contribution in [-0.4, -0.2) is 46.3 Å². The Kier molecular flexibility index (Phi) is 5.85. The van der Waals surface area contributed by atoms with Crippen LogP contribution in [0.2, 0.25) is 0 Å². The smallest absolute Gasteiger partial charge is 0.255 e. The molecule has 30 heavy (non-hydrogen) atoms. The number of amides is 1. The molecule has 1 N–H and O–H groups in total. The molecule has 8 heteroatoms. The van der Waals surface area contributed by atoms with Gasteiger partial charge < -0.3 is 14.8 Å². The minimum absolute atomic E-state index is 0.139. The van der Waals surface area contributed by atoms with E-state index < -0.39 is 0 Å². The zero-order valence-corrected chi connectivity index (χ0v) is 16.6. The van der Waals surface area contributed by atoms with Gasteiger partial charge in [-0.1, -0.05) is 12.1 Å². The Labute approximate surface area is 173 Å². The van der Waals surface area contributed by atoms with Crippen molar-refractivity contribution in [2.45, 2.75) is 12.8 Å². The number of ketones is 1. The van der Waals surface area contributed by atoms with Crippen LogP contribution in [-0.2, 0) is 11.8 Å². The average molecular weight is 406 g/mol. The van der Waals surface area contributed by atoms with Crippen LogP contribution in [0.5, 0.6) is 5.88 Å². The van der Waals surface area contributed by atoms with Gasteiger partial charge in [-0.2, -0.15) is 5.10 Å². The van der Waals surface area contributed by atoms with E-state index in [4.69, 9.17) is 9.47 Å². The van der Waals surface area contributed by atoms with E-state index in [0.717, 1.165) is 11.1 Å². The van der Waals surface area contributed by atoms with Gasteiger partial charge in [0.15, 0.2) is 11.5 Å². The fraction of sp³-hybridized carbons (Fsp3) is 0.273. The van der Waals surface area contributed by atoms with Crippen LogP contribution in [0.1, 0.15) is 33.7 Å². The topological polar surface area (TPSA) is 95.3 Å². The number of nitrogens with zero attached hydrogens (tertiary/aromatic N) is 3. The van der Waals surface area contributed by atoms with Crippen LogP contribution >= 0.6 is 0 Å². The lowest BCUT2D eigenvalue weighted by atomic mass is 10.0. The number of pyridine rings is 1. The molecule has 0 radical (unpaired) electrons. The summed E-state index contributed by atoms with van der Waals surface area (Å²) in [7, 11) is 1.71. The Morgan fingerprint density at radius 2 is 1.87 bits per heavy atom. The molecule has 154 valence electrons. The van der Waals surface area contributed by atoms with Crippen LogP contribution in [0.3, 0.4) is 0 Å². The van der Waals surface area contributed by atoms with Crippen molar-refractivity contribution in [3.63, 3.8) is 0 Å². The third kappa shape index (κ3) is 4.55. The van der Waals surface area contributed by atoms with Gasteiger partial charge in [0.25, 0.3) is 5.91 Å². The summed E-state index contributed by atoms with van der Waals surface area (Å²) in [4.78, 5) is 29.7. The molecule has 8 nitrogen and oxygen atoms in total. The lowest BCUT2D eigenvalue weighted by molar-refractivity contribution is 0.0862. The molecular formula is C22H22N4O4. The molecule has 0 atom stereocenters. The van der Waals surface area contributed by atoms with Crippen LogP contribution in [0, 0.1) is 0 Å². The maximum Gasteiger partial charge on any atom is 0.255 e. The Morgan fingerprint density at radius 3 is 2.77 bits per heavy atom. The summed E-state index contributed by atoms with van der Waals surface area (Å²) in [5.41, 5.74) is 2.87. The molecule has 1 aromatic carbocycles. The van der Waals surface area contributed by atoms with E-state index in [1.165, 1.54) is 4.68 Å². The monoisotopic (exact) mass is 406 g/mol. The second kappa shape index (κ2) is 8.87. The van der Waals surface area contributed by atoms with Gasteiger partial charge in [0, 0.05) is 44.1 Å². The number of rotatable bonds is 0. The molecule has 4 rings (SSSR count). The number of Topliss-reactive ketones (excluding diaryl/α,β-unsaturated/α-hetero) is 1. The zero-order chi connectivity index (χ0) is 20.9. The number of anilines is 1. The van der Waals surface area contributed by atoms with Crippen LogP contribution in [0.15, 0.2) is 48.8 Å². The second-order valence-corrected chi connectivity index (χ2v) is 6.97. The van der Waals surface area contributed by atoms with Crippen molar-refractivity contribution in [2.75, 3.05) is 25.1 Å². The summed E-state index contributed by atoms with van der Waals surface area (Å²) in [6, 6.07) is 10.9. The molecule has 3 aromatic rings. The fourth-order valence-electron chi connectivity index (χ4n) is 3.25. The molecule has 0 spiro atoms. The van der Waals surface area contributed by atoms with E-state index >= 15 is 0 Å². The van der Waals surface area contributed by atoms with Crippen molar-refractivity contribution in [2.24, 2.45) is 7.05 Å². The third-order valence-corrected chi connectivity index (χ3v) is 4.70. The third-order valence-electron chi connectivity index (χ3n) is 4.70. The summed E-state index contributed by atoms with van der Waals surface area (Å²) in [5.74, 6) is 0.0379. The molecular weight excluding hydrogens is 384 g/mol. The molecule has 1 aliphatic rings. The first-order valence-corrected chi connectivity index (χ1v) is 9.75. The quantitative estimate of drug-likeness (QED) is 0.616. The second-order valence-electron chi connectivity index (χ2n) is 6.97. The maximum absolute atomic E-state index is 12.9. The minimum atomic E-state index is -0.311. The number of fused-ring (bicyclic) bond motifs is 6. The van der Waals surface area contributed by atoms with E-state index in [1.807, 2.05) is 24.3 Å². The van der Waals surface area contributed by atoms with Gasteiger partial charge in [-0.05, 0) is 35.7 Å². The first-order valence-electron chi connectivity index (χ1n) is 9.75. The van der Waals surface area contributed by atoms with E-state index in [2.05, 4.69) is 15.4 Å². The molecule has 2 aromatic heterocycles. The van der Waals surface area contributed by atoms with Crippen molar-refractivity contribution >= 4 is 17.4 Å². The van der Waals surface area contributed by atoms with Gasteiger partial charge in [0.1, 0.15) is 6.61 Å². The molecule has 0 fully saturated rings. The van der Waals surface area contributed by atoms with Gasteiger partial charge in [0.2, 0.25) is 5.88 Å². The van der Waals surface area contributed by atoms with E-state index in [1.54, 1.807) is 31.6 Å². The van der Waals surface area contributed by atoms with Gasteiger partial charge in [-0.3, -0.25) is 14.3 Å². The molecule has 4 bridgehead atoms. The predicted octanol–water partition coefficient (Wildman–Crippen LogP) is 3.11. The zero-order valence-electron chi connectivity index (χ0n) is 16.6. The standard InChI is InChI=1S/C22H22N4O4/c1-26-14-18-21(25-26)19(27)6-3-9-29-10-11-30-20-13-16(7-8-23-20)15-4-2-5-17(12-15)22(28)24-18/h2,4-5,7-8,12-14H,3,6,9-11H2,1H3,(H,24,28). The summed E-state index contributed by atoms with van der Waals surface area (Å²) in [5, 5.41) is 7.05. The van der Waals surface area contributed by atoms with E-state index in [9.17, 15) is 9.59 Å². The van der Waals surface area contributed by atoms with Crippen molar-refractivity contribution in [1.29, 1.82) is 0 Å². The van der Waals surface area contributed by atoms with Crippen molar-refractivity contribution in [1.82, 2.24) is 14.8 Å². The Morgan fingerprint density at radius 1 is 1.03 bits per heavy atom. The van der Waals surface area contributed by atoms with Gasteiger partial charge in [-0.25, -0.2) is 4.98 Å². The van der Waals surface area contributed by atoms with Gasteiger partial charge in [-0.15, -0.1) is 0 Å². The molecule has 0 aliphatic carbocycles. The number of hydrogen-bond donors (Lipinski definition) is 1. The number of aromatic nitrogens is 3. The number of carbonyl (C=O) groups is 2. The molecule has 1 aliphatic heterocycles. The molecule has 0 saturated carbocycles. The highest BCUT2D eigenvalue weighted by molar-refractivity contribution is 6.09. The van der Waals surface area contributed by atoms with Gasteiger partial charge in [0.05, 0.1) is 12.3 Å². The lowest BCUT2D eigenvalue weighted by Gasteiger charge is -2.10. The van der Waals surface area contributed by atoms with Crippen molar-refractivity contribution in [3.8, 4) is 17.0 Å². The average Bonchev–Trinajstić information content (AvgIpc) is 3.12. The van der Waals surface area contributed by atoms with E-state index in [0.29, 0.717) is 43.4 Å². The number of carbonyl (C=O) groups excluding carboxylic acids is 2. The number of hydrogen-bond acceptors (Lipinski definition) is 6. The fourth-order valence-corrected chi connectivity index (χ4v) is 3.25. The normalized spacial score (nSPS) is 15.4. The molecule has 0 unspecified atom stereocenters. The van der Waals surface area contributed by atoms with Crippen molar-refractivity contribution < 1.29 is 19.1 Å². The number of benzene rings is 1. The first-order chi connectivity index (χ1) is 14.6. The highest BCUT2D eigenvalue weighted by Crippen LogP contribution is 2.24. The maximum atomic E-state index is 12.9. The highest BCUT2D eigenvalue weighted by Gasteiger charge is 2.19. The van der Waals surface area contributed by atoms with Crippen LogP contribution < -0.4 is 10.1 Å². The molecule has 0 saturated heterocycles. The molecule has 3 heterocycles. The predicted molar refractivity (Wildman–Crippen MR) is 111 cm³/mol. The first kappa shape index (κ1) is 19.8. The van der Waals surface area contributed by atoms with Crippen molar-refractivity contribution in [3.05, 3.63) is 60.0 Å². The summed E-state index contributed by atoms with van der Waals surface area (Å²) in [6.45, 7) is 1.19. The Hall–Kier alpha value is -3.52. The summed E-state index contributed by atoms with van der Waals surface area (Å²) >= 11 is 0. The van der Waals surface area contributed by atoms with E-state index in [-0.39, 0.29) is 23.8 Å².